The van der Waals surface area contributed by atoms with Crippen molar-refractivity contribution >= 4 is 11.3 Å². The normalized spacial score (nSPS) is 10.9. The minimum absolute atomic E-state index is 0.122. The van der Waals surface area contributed by atoms with Crippen molar-refractivity contribution in [2.75, 3.05) is 13.8 Å². The molecule has 1 N–H and O–H groups in total. The summed E-state index contributed by atoms with van der Waals surface area (Å²) in [7, 11) is 1.90. The van der Waals surface area contributed by atoms with Gasteiger partial charge in [-0.3, -0.25) is 4.90 Å². The monoisotopic (exact) mass is 171 g/mol. The first-order valence-electron chi connectivity index (χ1n) is 3.56. The Kier molecular flexibility index (Phi) is 3.05. The Morgan fingerprint density at radius 2 is 2.36 bits per heavy atom. The lowest BCUT2D eigenvalue weighted by atomic mass is 10.3. The molecule has 1 aromatic rings. The Bertz CT molecular complexity index is 222. The first-order valence-corrected chi connectivity index (χ1v) is 4.44. The van der Waals surface area contributed by atoms with Gasteiger partial charge in [-0.15, -0.1) is 11.3 Å². The lowest BCUT2D eigenvalue weighted by molar-refractivity contribution is 0.127. The topological polar surface area (TPSA) is 23.5 Å². The summed E-state index contributed by atoms with van der Waals surface area (Å²) in [6.07, 6.45) is 0. The zero-order valence-corrected chi connectivity index (χ0v) is 7.69. The molecular formula is C8H13NOS. The van der Waals surface area contributed by atoms with Gasteiger partial charge in [0.25, 0.3) is 0 Å². The number of thiophene rings is 1. The van der Waals surface area contributed by atoms with E-state index in [9.17, 15) is 0 Å². The van der Waals surface area contributed by atoms with Crippen LogP contribution in [0.3, 0.4) is 0 Å². The van der Waals surface area contributed by atoms with Gasteiger partial charge in [0.15, 0.2) is 0 Å². The van der Waals surface area contributed by atoms with Crippen molar-refractivity contribution in [2.24, 2.45) is 0 Å². The summed E-state index contributed by atoms with van der Waals surface area (Å²) in [5.41, 5.74) is 1.32. The smallest absolute Gasteiger partial charge is 0.0957 e. The van der Waals surface area contributed by atoms with E-state index in [1.807, 2.05) is 11.9 Å². The van der Waals surface area contributed by atoms with Crippen molar-refractivity contribution in [2.45, 2.75) is 13.5 Å². The van der Waals surface area contributed by atoms with Crippen LogP contribution in [0.4, 0.5) is 0 Å². The Balaban J connectivity index is 2.56. The van der Waals surface area contributed by atoms with E-state index in [0.29, 0.717) is 0 Å². The number of aryl methyl sites for hydroxylation is 1. The quantitative estimate of drug-likeness (QED) is 0.696. The van der Waals surface area contributed by atoms with Gasteiger partial charge >= 0.3 is 0 Å². The molecule has 1 aromatic heterocycles. The van der Waals surface area contributed by atoms with E-state index in [-0.39, 0.29) is 6.73 Å². The molecule has 0 aliphatic rings. The van der Waals surface area contributed by atoms with Gasteiger partial charge in [0.05, 0.1) is 6.73 Å². The molecular weight excluding hydrogens is 158 g/mol. The number of hydrogen-bond donors (Lipinski definition) is 1. The fraction of sp³-hybridized carbons (Fsp3) is 0.500. The third kappa shape index (κ3) is 2.29. The van der Waals surface area contributed by atoms with Crippen LogP contribution in [0.15, 0.2) is 11.4 Å². The summed E-state index contributed by atoms with van der Waals surface area (Å²) in [6, 6.07) is 2.10. The van der Waals surface area contributed by atoms with Crippen molar-refractivity contribution < 1.29 is 5.11 Å². The fourth-order valence-corrected chi connectivity index (χ4v) is 1.85. The van der Waals surface area contributed by atoms with Gasteiger partial charge in [-0.25, -0.2) is 0 Å². The minimum Gasteiger partial charge on any atom is -0.381 e. The summed E-state index contributed by atoms with van der Waals surface area (Å²) >= 11 is 1.74. The lowest BCUT2D eigenvalue weighted by Gasteiger charge is -2.11. The molecule has 0 saturated heterocycles. The van der Waals surface area contributed by atoms with Crippen LogP contribution in [0, 0.1) is 6.92 Å². The molecule has 0 saturated carbocycles. The maximum absolute atomic E-state index is 8.76. The van der Waals surface area contributed by atoms with Gasteiger partial charge in [0, 0.05) is 11.4 Å². The van der Waals surface area contributed by atoms with Crippen LogP contribution < -0.4 is 0 Å². The highest BCUT2D eigenvalue weighted by atomic mass is 32.1. The van der Waals surface area contributed by atoms with Crippen LogP contribution in [0.5, 0.6) is 0 Å². The molecule has 1 rings (SSSR count). The van der Waals surface area contributed by atoms with Crippen molar-refractivity contribution in [1.29, 1.82) is 0 Å². The SMILES string of the molecule is Cc1ccsc1CN(C)CO. The van der Waals surface area contributed by atoms with Crippen LogP contribution in [-0.2, 0) is 6.54 Å². The van der Waals surface area contributed by atoms with Gasteiger partial charge in [0.1, 0.15) is 0 Å². The number of aliphatic hydroxyl groups is 1. The molecule has 0 bridgehead atoms. The Labute approximate surface area is 71.1 Å². The van der Waals surface area contributed by atoms with Crippen LogP contribution in [0.1, 0.15) is 10.4 Å². The highest BCUT2D eigenvalue weighted by Gasteiger charge is 2.01. The largest absolute Gasteiger partial charge is 0.381 e. The molecule has 0 atom stereocenters. The average molecular weight is 171 g/mol. The molecule has 0 unspecified atom stereocenters. The van der Waals surface area contributed by atoms with Crippen LogP contribution >= 0.6 is 11.3 Å². The first kappa shape index (κ1) is 8.71. The van der Waals surface area contributed by atoms with Crippen LogP contribution in [0.25, 0.3) is 0 Å². The highest BCUT2D eigenvalue weighted by Crippen LogP contribution is 2.16. The van der Waals surface area contributed by atoms with Gasteiger partial charge in [-0.2, -0.15) is 0 Å². The van der Waals surface area contributed by atoms with Crippen molar-refractivity contribution in [3.05, 3.63) is 21.9 Å². The molecule has 1 heterocycles. The molecule has 0 aliphatic heterocycles. The molecule has 11 heavy (non-hydrogen) atoms. The van der Waals surface area contributed by atoms with Crippen LogP contribution in [0.2, 0.25) is 0 Å². The van der Waals surface area contributed by atoms with Gasteiger partial charge in [-0.1, -0.05) is 0 Å². The van der Waals surface area contributed by atoms with Crippen LogP contribution in [-0.4, -0.2) is 23.8 Å². The summed E-state index contributed by atoms with van der Waals surface area (Å²) in [5, 5.41) is 10.8. The zero-order valence-electron chi connectivity index (χ0n) is 6.87. The number of aliphatic hydroxyl groups excluding tert-OH is 1. The summed E-state index contributed by atoms with van der Waals surface area (Å²) in [4.78, 5) is 3.21. The second-order valence-electron chi connectivity index (χ2n) is 2.68. The summed E-state index contributed by atoms with van der Waals surface area (Å²) in [6.45, 7) is 3.06. The predicted octanol–water partition coefficient (Wildman–Crippen LogP) is 1.44. The Hall–Kier alpha value is -0.380. The third-order valence-corrected chi connectivity index (χ3v) is 2.63. The maximum Gasteiger partial charge on any atom is 0.0957 e. The number of nitrogens with zero attached hydrogens (tertiary/aromatic N) is 1. The van der Waals surface area contributed by atoms with Gasteiger partial charge in [-0.05, 0) is 31.0 Å². The third-order valence-electron chi connectivity index (χ3n) is 1.62. The molecule has 0 spiro atoms. The first-order chi connectivity index (χ1) is 5.24. The molecule has 0 radical (unpaired) electrons. The standard InChI is InChI=1S/C8H13NOS/c1-7-3-4-11-8(7)5-9(2)6-10/h3-4,10H,5-6H2,1-2H3. The number of rotatable bonds is 3. The number of hydrogen-bond acceptors (Lipinski definition) is 3. The molecule has 0 aromatic carbocycles. The average Bonchev–Trinajstić information content (AvgIpc) is 2.37. The van der Waals surface area contributed by atoms with Gasteiger partial charge in [0.2, 0.25) is 0 Å². The van der Waals surface area contributed by atoms with E-state index >= 15 is 0 Å². The Morgan fingerprint density at radius 3 is 2.82 bits per heavy atom. The predicted molar refractivity (Wildman–Crippen MR) is 47.6 cm³/mol. The molecule has 0 aliphatic carbocycles. The molecule has 0 amide bonds. The second-order valence-corrected chi connectivity index (χ2v) is 3.68. The summed E-state index contributed by atoms with van der Waals surface area (Å²) < 4.78 is 0. The second kappa shape index (κ2) is 3.85. The fourth-order valence-electron chi connectivity index (χ4n) is 0.861. The van der Waals surface area contributed by atoms with E-state index < -0.39 is 0 Å². The molecule has 2 nitrogen and oxygen atoms in total. The summed E-state index contributed by atoms with van der Waals surface area (Å²) in [5.74, 6) is 0. The van der Waals surface area contributed by atoms with Gasteiger partial charge < -0.3 is 5.11 Å². The van der Waals surface area contributed by atoms with E-state index in [4.69, 9.17) is 5.11 Å². The van der Waals surface area contributed by atoms with Crippen molar-refractivity contribution in [1.82, 2.24) is 4.90 Å². The van der Waals surface area contributed by atoms with E-state index in [1.54, 1.807) is 11.3 Å². The lowest BCUT2D eigenvalue weighted by Crippen LogP contribution is -2.18. The highest BCUT2D eigenvalue weighted by molar-refractivity contribution is 7.10. The molecule has 62 valence electrons. The Morgan fingerprint density at radius 1 is 1.64 bits per heavy atom. The van der Waals surface area contributed by atoms with E-state index in [1.165, 1.54) is 10.4 Å². The maximum atomic E-state index is 8.76. The molecule has 0 fully saturated rings. The van der Waals surface area contributed by atoms with Crippen molar-refractivity contribution in [3.8, 4) is 0 Å². The molecule has 3 heteroatoms. The van der Waals surface area contributed by atoms with E-state index in [2.05, 4.69) is 18.4 Å². The van der Waals surface area contributed by atoms with Crippen molar-refractivity contribution in [3.63, 3.8) is 0 Å². The zero-order chi connectivity index (χ0) is 8.27. The van der Waals surface area contributed by atoms with E-state index in [0.717, 1.165) is 6.54 Å². The minimum atomic E-state index is 0.122.